The summed E-state index contributed by atoms with van der Waals surface area (Å²) >= 11 is 0. The summed E-state index contributed by atoms with van der Waals surface area (Å²) in [4.78, 5) is 11.2. The molecule has 2 unspecified atom stereocenters. The van der Waals surface area contributed by atoms with Gasteiger partial charge in [-0.3, -0.25) is 4.79 Å². The third-order valence-electron chi connectivity index (χ3n) is 1.76. The number of rotatable bonds is 7. The van der Waals surface area contributed by atoms with E-state index in [0.717, 1.165) is 0 Å². The van der Waals surface area contributed by atoms with Gasteiger partial charge >= 0.3 is 0 Å². The van der Waals surface area contributed by atoms with Crippen LogP contribution in [0, 0.1) is 0 Å². The first-order valence-corrected chi connectivity index (χ1v) is 4.79. The fraction of sp³-hybridized carbons (Fsp3) is 0.889. The summed E-state index contributed by atoms with van der Waals surface area (Å²) in [6, 6.07) is -0.290. The highest BCUT2D eigenvalue weighted by Gasteiger charge is 2.12. The van der Waals surface area contributed by atoms with Crippen molar-refractivity contribution in [2.45, 2.75) is 26.0 Å². The normalized spacial score (nSPS) is 14.9. The summed E-state index contributed by atoms with van der Waals surface area (Å²) in [5, 5.41) is 14.9. The van der Waals surface area contributed by atoms with Crippen LogP contribution in [0.4, 0.5) is 0 Å². The van der Waals surface area contributed by atoms with Crippen LogP contribution in [0.15, 0.2) is 0 Å². The molecule has 0 bridgehead atoms. The number of aliphatic hydroxyl groups excluding tert-OH is 1. The molecule has 0 spiro atoms. The van der Waals surface area contributed by atoms with Crippen molar-refractivity contribution in [2.75, 3.05) is 26.8 Å². The number of aliphatic hydroxyl groups is 1. The first-order valence-electron chi connectivity index (χ1n) is 4.79. The van der Waals surface area contributed by atoms with E-state index in [-0.39, 0.29) is 18.6 Å². The van der Waals surface area contributed by atoms with E-state index in [0.29, 0.717) is 13.1 Å². The van der Waals surface area contributed by atoms with Crippen molar-refractivity contribution < 1.29 is 14.6 Å². The summed E-state index contributed by atoms with van der Waals surface area (Å²) in [6.07, 6.45) is -0.572. The Morgan fingerprint density at radius 2 is 2.21 bits per heavy atom. The van der Waals surface area contributed by atoms with Crippen LogP contribution in [0.1, 0.15) is 13.8 Å². The average Bonchev–Trinajstić information content (AvgIpc) is 2.15. The number of hydrogen-bond donors (Lipinski definition) is 3. The summed E-state index contributed by atoms with van der Waals surface area (Å²) in [7, 11) is 1.52. The third kappa shape index (κ3) is 5.90. The van der Waals surface area contributed by atoms with Gasteiger partial charge in [0, 0.05) is 20.2 Å². The number of carbonyl (C=O) groups is 1. The van der Waals surface area contributed by atoms with Crippen LogP contribution in [0.3, 0.4) is 0 Å². The molecular formula is C9H20N2O3. The molecule has 0 saturated heterocycles. The Hall–Kier alpha value is -0.650. The topological polar surface area (TPSA) is 70.6 Å². The zero-order chi connectivity index (χ0) is 11.0. The van der Waals surface area contributed by atoms with Gasteiger partial charge in [0.2, 0.25) is 5.91 Å². The van der Waals surface area contributed by atoms with Gasteiger partial charge < -0.3 is 20.5 Å². The summed E-state index contributed by atoms with van der Waals surface area (Å²) in [6.45, 7) is 4.86. The lowest BCUT2D eigenvalue weighted by atomic mass is 10.3. The molecule has 0 radical (unpaired) electrons. The smallest absolute Gasteiger partial charge is 0.236 e. The molecule has 0 aromatic heterocycles. The molecule has 0 aromatic rings. The number of carbonyl (C=O) groups excluding carboxylic acids is 1. The van der Waals surface area contributed by atoms with Crippen molar-refractivity contribution in [1.29, 1.82) is 0 Å². The molecule has 0 heterocycles. The van der Waals surface area contributed by atoms with Crippen LogP contribution >= 0.6 is 0 Å². The minimum Gasteiger partial charge on any atom is -0.389 e. The Morgan fingerprint density at radius 3 is 2.71 bits per heavy atom. The summed E-state index contributed by atoms with van der Waals surface area (Å²) in [5.74, 6) is -0.0582. The van der Waals surface area contributed by atoms with E-state index >= 15 is 0 Å². The second kappa shape index (κ2) is 7.73. The van der Waals surface area contributed by atoms with Gasteiger partial charge in [-0.25, -0.2) is 0 Å². The van der Waals surface area contributed by atoms with Crippen LogP contribution in [0.2, 0.25) is 0 Å². The number of ether oxygens (including phenoxy) is 1. The molecule has 0 fully saturated rings. The highest BCUT2D eigenvalue weighted by molar-refractivity contribution is 5.81. The van der Waals surface area contributed by atoms with E-state index in [1.165, 1.54) is 7.11 Å². The second-order valence-corrected chi connectivity index (χ2v) is 3.13. The van der Waals surface area contributed by atoms with Crippen molar-refractivity contribution in [3.05, 3.63) is 0 Å². The van der Waals surface area contributed by atoms with Crippen LogP contribution in [-0.4, -0.2) is 50.0 Å². The van der Waals surface area contributed by atoms with Gasteiger partial charge in [-0.05, 0) is 13.8 Å². The Labute approximate surface area is 84.8 Å². The van der Waals surface area contributed by atoms with Gasteiger partial charge in [-0.1, -0.05) is 0 Å². The molecule has 2 atom stereocenters. The maximum atomic E-state index is 11.2. The van der Waals surface area contributed by atoms with E-state index in [4.69, 9.17) is 4.74 Å². The number of methoxy groups -OCH3 is 1. The maximum absolute atomic E-state index is 11.2. The molecule has 0 aromatic carbocycles. The van der Waals surface area contributed by atoms with E-state index in [2.05, 4.69) is 10.6 Å². The quantitative estimate of drug-likeness (QED) is 0.503. The predicted octanol–water partition coefficient (Wildman–Crippen LogP) is -0.892. The van der Waals surface area contributed by atoms with Gasteiger partial charge in [0.25, 0.3) is 0 Å². The van der Waals surface area contributed by atoms with Crippen molar-refractivity contribution >= 4 is 5.91 Å². The van der Waals surface area contributed by atoms with Gasteiger partial charge in [0.1, 0.15) is 0 Å². The molecule has 0 aliphatic heterocycles. The Morgan fingerprint density at radius 1 is 1.57 bits per heavy atom. The van der Waals surface area contributed by atoms with E-state index in [9.17, 15) is 9.90 Å². The Kier molecular flexibility index (Phi) is 7.37. The Bertz CT molecular complexity index is 164. The number of nitrogens with one attached hydrogen (secondary N) is 2. The van der Waals surface area contributed by atoms with Crippen LogP contribution < -0.4 is 10.6 Å². The van der Waals surface area contributed by atoms with Crippen molar-refractivity contribution in [2.24, 2.45) is 0 Å². The average molecular weight is 204 g/mol. The lowest BCUT2D eigenvalue weighted by molar-refractivity contribution is -0.122. The molecule has 0 rings (SSSR count). The van der Waals surface area contributed by atoms with Gasteiger partial charge in [-0.2, -0.15) is 0 Å². The molecule has 5 nitrogen and oxygen atoms in total. The second-order valence-electron chi connectivity index (χ2n) is 3.13. The van der Waals surface area contributed by atoms with E-state index < -0.39 is 6.10 Å². The number of likely N-dealkylation sites (N-methyl/N-ethyl adjacent to an activating group) is 1. The zero-order valence-corrected chi connectivity index (χ0v) is 9.04. The fourth-order valence-electron chi connectivity index (χ4n) is 0.984. The SMILES string of the molecule is CCNC(=O)C(C)NCC(O)COC. The van der Waals surface area contributed by atoms with Gasteiger partial charge in [0.05, 0.1) is 18.8 Å². The molecule has 0 aliphatic rings. The summed E-state index contributed by atoms with van der Waals surface area (Å²) < 4.78 is 4.75. The molecule has 3 N–H and O–H groups in total. The first kappa shape index (κ1) is 13.4. The monoisotopic (exact) mass is 204 g/mol. The summed E-state index contributed by atoms with van der Waals surface area (Å²) in [5.41, 5.74) is 0. The first-order chi connectivity index (χ1) is 6.61. The van der Waals surface area contributed by atoms with Crippen molar-refractivity contribution in [1.82, 2.24) is 10.6 Å². The van der Waals surface area contributed by atoms with Crippen molar-refractivity contribution in [3.63, 3.8) is 0 Å². The number of hydrogen-bond acceptors (Lipinski definition) is 4. The molecule has 5 heteroatoms. The minimum absolute atomic E-state index is 0.0582. The van der Waals surface area contributed by atoms with Gasteiger partial charge in [-0.15, -0.1) is 0 Å². The minimum atomic E-state index is -0.572. The molecule has 84 valence electrons. The highest BCUT2D eigenvalue weighted by Crippen LogP contribution is 1.85. The molecule has 0 aliphatic carbocycles. The molecule has 1 amide bonds. The largest absolute Gasteiger partial charge is 0.389 e. The van der Waals surface area contributed by atoms with Crippen LogP contribution in [-0.2, 0) is 9.53 Å². The number of amides is 1. The molecule has 0 saturated carbocycles. The third-order valence-corrected chi connectivity index (χ3v) is 1.76. The van der Waals surface area contributed by atoms with E-state index in [1.54, 1.807) is 6.92 Å². The van der Waals surface area contributed by atoms with Crippen molar-refractivity contribution in [3.8, 4) is 0 Å². The molecular weight excluding hydrogens is 184 g/mol. The standard InChI is InChI=1S/C9H20N2O3/c1-4-10-9(13)7(2)11-5-8(12)6-14-3/h7-8,11-12H,4-6H2,1-3H3,(H,10,13). The zero-order valence-electron chi connectivity index (χ0n) is 9.04. The predicted molar refractivity (Wildman–Crippen MR) is 54.0 cm³/mol. The van der Waals surface area contributed by atoms with Crippen LogP contribution in [0.5, 0.6) is 0 Å². The maximum Gasteiger partial charge on any atom is 0.236 e. The molecule has 14 heavy (non-hydrogen) atoms. The lowest BCUT2D eigenvalue weighted by Crippen LogP contribution is -2.45. The van der Waals surface area contributed by atoms with E-state index in [1.807, 2.05) is 6.92 Å². The lowest BCUT2D eigenvalue weighted by Gasteiger charge is -2.15. The Balaban J connectivity index is 3.61. The van der Waals surface area contributed by atoms with Gasteiger partial charge in [0.15, 0.2) is 0 Å². The van der Waals surface area contributed by atoms with Crippen LogP contribution in [0.25, 0.3) is 0 Å². The highest BCUT2D eigenvalue weighted by atomic mass is 16.5. The fourth-order valence-corrected chi connectivity index (χ4v) is 0.984.